The van der Waals surface area contributed by atoms with Crippen molar-refractivity contribution in [2.75, 3.05) is 0 Å². The number of fused-ring (bicyclic) bond motifs is 5. The Kier molecular flexibility index (Phi) is 2.53. The van der Waals surface area contributed by atoms with Gasteiger partial charge in [-0.1, -0.05) is 36.4 Å². The summed E-state index contributed by atoms with van der Waals surface area (Å²) in [6.07, 6.45) is 3.65. The summed E-state index contributed by atoms with van der Waals surface area (Å²) >= 11 is 0. The molecule has 0 saturated heterocycles. The van der Waals surface area contributed by atoms with Crippen molar-refractivity contribution in [2.24, 2.45) is 7.05 Å². The van der Waals surface area contributed by atoms with Crippen molar-refractivity contribution in [3.05, 3.63) is 72.1 Å². The fourth-order valence-electron chi connectivity index (χ4n) is 3.80. The highest BCUT2D eigenvalue weighted by Crippen LogP contribution is 2.41. The molecule has 0 radical (unpaired) electrons. The van der Waals surface area contributed by atoms with E-state index in [9.17, 15) is 0 Å². The van der Waals surface area contributed by atoms with Gasteiger partial charge < -0.3 is 4.42 Å². The van der Waals surface area contributed by atoms with Gasteiger partial charge in [0.05, 0.1) is 13.2 Å². The lowest BCUT2D eigenvalue weighted by Gasteiger charge is -2.06. The van der Waals surface area contributed by atoms with Crippen LogP contribution in [0.15, 0.2) is 65.3 Å². The summed E-state index contributed by atoms with van der Waals surface area (Å²) in [5.74, 6) is 0.732. The van der Waals surface area contributed by atoms with Crippen molar-refractivity contribution in [3.63, 3.8) is 0 Å². The fraction of sp³-hybridized carbons (Fsp3) is 0.130. The molecule has 0 aliphatic heterocycles. The SMILES string of the molecule is [2H]C([2H])([2H])c1cc(C)c(-c2nccc[n+]2C)c2oc3ccc4ccccc4c3c12. The lowest BCUT2D eigenvalue weighted by atomic mass is 9.96. The first kappa shape index (κ1) is 12.2. The number of hydrogen-bond acceptors (Lipinski definition) is 2. The first-order valence-electron chi connectivity index (χ1n) is 10.1. The quantitative estimate of drug-likeness (QED) is 0.390. The number of nitrogens with zero attached hydrogens (tertiary/aromatic N) is 2. The Morgan fingerprint density at radius 2 is 1.92 bits per heavy atom. The lowest BCUT2D eigenvalue weighted by molar-refractivity contribution is -0.663. The van der Waals surface area contributed by atoms with Crippen LogP contribution in [-0.4, -0.2) is 4.98 Å². The first-order valence-corrected chi connectivity index (χ1v) is 8.55. The maximum atomic E-state index is 8.16. The molecule has 26 heavy (non-hydrogen) atoms. The zero-order chi connectivity index (χ0) is 20.3. The van der Waals surface area contributed by atoms with Gasteiger partial charge >= 0.3 is 5.82 Å². The van der Waals surface area contributed by atoms with Gasteiger partial charge in [0.1, 0.15) is 17.3 Å². The zero-order valence-corrected chi connectivity index (χ0v) is 14.6. The van der Waals surface area contributed by atoms with Gasteiger partial charge in [0.25, 0.3) is 0 Å². The summed E-state index contributed by atoms with van der Waals surface area (Å²) in [5, 5.41) is 3.51. The molecule has 5 aromatic rings. The van der Waals surface area contributed by atoms with E-state index in [2.05, 4.69) is 4.98 Å². The van der Waals surface area contributed by atoms with E-state index in [4.69, 9.17) is 8.53 Å². The summed E-state index contributed by atoms with van der Waals surface area (Å²) in [6, 6.07) is 15.5. The minimum Gasteiger partial charge on any atom is -0.455 e. The Morgan fingerprint density at radius 1 is 1.04 bits per heavy atom. The van der Waals surface area contributed by atoms with Crippen molar-refractivity contribution in [2.45, 2.75) is 13.8 Å². The summed E-state index contributed by atoms with van der Waals surface area (Å²) in [6.45, 7) is -0.356. The summed E-state index contributed by atoms with van der Waals surface area (Å²) in [4.78, 5) is 4.55. The topological polar surface area (TPSA) is 29.9 Å². The second kappa shape index (κ2) is 5.40. The third kappa shape index (κ3) is 2.00. The second-order valence-electron chi connectivity index (χ2n) is 6.64. The van der Waals surface area contributed by atoms with Gasteiger partial charge in [0.2, 0.25) is 0 Å². The predicted octanol–water partition coefficient (Wildman–Crippen LogP) is 5.24. The summed E-state index contributed by atoms with van der Waals surface area (Å²) in [7, 11) is 1.92. The average molecular weight is 342 g/mol. The number of aryl methyl sites for hydroxylation is 3. The largest absolute Gasteiger partial charge is 0.455 e. The lowest BCUT2D eigenvalue weighted by Crippen LogP contribution is -2.31. The van der Waals surface area contributed by atoms with Gasteiger partial charge in [-0.25, -0.2) is 4.57 Å². The zero-order valence-electron chi connectivity index (χ0n) is 17.6. The molecule has 0 fully saturated rings. The van der Waals surface area contributed by atoms with Crippen LogP contribution in [0.1, 0.15) is 15.2 Å². The Hall–Kier alpha value is -3.20. The highest BCUT2D eigenvalue weighted by molar-refractivity contribution is 6.21. The van der Waals surface area contributed by atoms with Gasteiger partial charge in [-0.3, -0.25) is 0 Å². The minimum atomic E-state index is -2.26. The molecule has 3 nitrogen and oxygen atoms in total. The maximum Gasteiger partial charge on any atom is 0.334 e. The van der Waals surface area contributed by atoms with E-state index in [-0.39, 0.29) is 0 Å². The molecule has 2 aromatic heterocycles. The molecular weight excluding hydrogens is 320 g/mol. The van der Waals surface area contributed by atoms with Crippen LogP contribution in [-0.2, 0) is 7.05 Å². The van der Waals surface area contributed by atoms with Gasteiger partial charge in [-0.05, 0) is 46.7 Å². The van der Waals surface area contributed by atoms with Crippen LogP contribution in [0.2, 0.25) is 0 Å². The van der Waals surface area contributed by atoms with E-state index in [1.807, 2.05) is 67.2 Å². The molecule has 0 saturated carbocycles. The highest BCUT2D eigenvalue weighted by atomic mass is 16.3. The van der Waals surface area contributed by atoms with E-state index in [1.165, 1.54) is 0 Å². The predicted molar refractivity (Wildman–Crippen MR) is 105 cm³/mol. The van der Waals surface area contributed by atoms with Gasteiger partial charge in [0.15, 0.2) is 5.58 Å². The third-order valence-electron chi connectivity index (χ3n) is 4.98. The molecule has 0 atom stereocenters. The number of hydrogen-bond donors (Lipinski definition) is 0. The van der Waals surface area contributed by atoms with Crippen LogP contribution >= 0.6 is 0 Å². The molecule has 0 bridgehead atoms. The van der Waals surface area contributed by atoms with E-state index < -0.39 is 6.85 Å². The van der Waals surface area contributed by atoms with Crippen LogP contribution in [0.25, 0.3) is 44.1 Å². The molecule has 3 heteroatoms. The van der Waals surface area contributed by atoms with Crippen LogP contribution in [0.3, 0.4) is 0 Å². The molecular formula is C23H19N2O+. The number of benzene rings is 3. The molecule has 5 rings (SSSR count). The van der Waals surface area contributed by atoms with E-state index >= 15 is 0 Å². The van der Waals surface area contributed by atoms with Crippen LogP contribution in [0, 0.1) is 13.8 Å². The standard InChI is InChI=1S/C23H19N2O/c1-14-13-15(2)20(23-24-11-6-12-25(23)3)22-19(14)21-17-8-5-4-7-16(17)9-10-18(21)26-22/h4-13H,1-3H3/q+1/i1D3. The van der Waals surface area contributed by atoms with Crippen molar-refractivity contribution < 1.29 is 13.1 Å². The molecule has 0 aliphatic rings. The molecule has 0 aliphatic carbocycles. The van der Waals surface area contributed by atoms with Crippen LogP contribution < -0.4 is 4.57 Å². The smallest absolute Gasteiger partial charge is 0.334 e. The van der Waals surface area contributed by atoms with Crippen LogP contribution in [0.5, 0.6) is 0 Å². The minimum absolute atomic E-state index is 0.308. The van der Waals surface area contributed by atoms with Crippen molar-refractivity contribution >= 4 is 32.7 Å². The molecule has 3 aromatic carbocycles. The highest BCUT2D eigenvalue weighted by Gasteiger charge is 2.24. The number of furan rings is 1. The maximum absolute atomic E-state index is 8.16. The number of rotatable bonds is 1. The Labute approximate surface area is 155 Å². The van der Waals surface area contributed by atoms with E-state index in [0.717, 1.165) is 33.1 Å². The Morgan fingerprint density at radius 3 is 2.77 bits per heavy atom. The van der Waals surface area contributed by atoms with E-state index in [1.54, 1.807) is 12.3 Å². The van der Waals surface area contributed by atoms with Crippen molar-refractivity contribution in [1.82, 2.24) is 4.98 Å². The average Bonchev–Trinajstić information content (AvgIpc) is 3.07. The normalized spacial score (nSPS) is 13.8. The molecule has 126 valence electrons. The fourth-order valence-corrected chi connectivity index (χ4v) is 3.80. The summed E-state index contributed by atoms with van der Waals surface area (Å²) in [5.41, 5.74) is 3.19. The molecule has 0 unspecified atom stereocenters. The molecule has 0 spiro atoms. The van der Waals surface area contributed by atoms with Gasteiger partial charge in [-0.2, -0.15) is 0 Å². The van der Waals surface area contributed by atoms with Crippen molar-refractivity contribution in [3.8, 4) is 11.4 Å². The van der Waals surface area contributed by atoms with Crippen LogP contribution in [0.4, 0.5) is 0 Å². The van der Waals surface area contributed by atoms with Crippen molar-refractivity contribution in [1.29, 1.82) is 0 Å². The monoisotopic (exact) mass is 342 g/mol. The molecule has 2 heterocycles. The second-order valence-corrected chi connectivity index (χ2v) is 6.64. The van der Waals surface area contributed by atoms with Gasteiger partial charge in [0, 0.05) is 21.0 Å². The summed E-state index contributed by atoms with van der Waals surface area (Å²) < 4.78 is 32.7. The first-order chi connectivity index (χ1) is 13.9. The third-order valence-corrected chi connectivity index (χ3v) is 4.98. The molecule has 0 amide bonds. The van der Waals surface area contributed by atoms with E-state index in [0.29, 0.717) is 22.1 Å². The Balaban J connectivity index is 2.06. The Bertz CT molecular complexity index is 1420. The molecule has 0 N–H and O–H groups in total. The van der Waals surface area contributed by atoms with Gasteiger partial charge in [-0.15, -0.1) is 0 Å². The number of aromatic nitrogens is 2.